The molecule has 0 atom stereocenters. The van der Waals surface area contributed by atoms with Gasteiger partial charge in [-0.05, 0) is 24.3 Å². The number of aliphatic hydroxyl groups excluding tert-OH is 1. The van der Waals surface area contributed by atoms with Crippen molar-refractivity contribution in [2.45, 2.75) is 6.61 Å². The van der Waals surface area contributed by atoms with E-state index in [2.05, 4.69) is 32.2 Å². The van der Waals surface area contributed by atoms with Crippen molar-refractivity contribution in [1.29, 1.82) is 0 Å². The Morgan fingerprint density at radius 3 is 2.92 bits per heavy atom. The molecule has 0 fully saturated rings. The van der Waals surface area contributed by atoms with E-state index in [-0.39, 0.29) is 12.6 Å². The van der Waals surface area contributed by atoms with Crippen LogP contribution < -0.4 is 10.6 Å². The summed E-state index contributed by atoms with van der Waals surface area (Å²) in [6.07, 6.45) is 3.26. The standard InChI is InChI=1S/C16H15N5O2S/c1-2-7-17-16(23)21-14-6-4-11-15(20-14)19-12(8-18-11)13-5-3-10(9-22)24-13/h2-6,8,22H,1,7,9H2,(H2,17,19,20,21,23). The van der Waals surface area contributed by atoms with Crippen molar-refractivity contribution in [2.24, 2.45) is 0 Å². The third kappa shape index (κ3) is 3.55. The Hall–Kier alpha value is -2.84. The van der Waals surface area contributed by atoms with Gasteiger partial charge in [-0.1, -0.05) is 6.08 Å². The predicted octanol–water partition coefficient (Wildman–Crippen LogP) is 2.55. The number of fused-ring (bicyclic) bond motifs is 1. The number of nitrogens with one attached hydrogen (secondary N) is 2. The second-order valence-electron chi connectivity index (χ2n) is 4.84. The van der Waals surface area contributed by atoms with Crippen LogP contribution in [-0.4, -0.2) is 32.6 Å². The van der Waals surface area contributed by atoms with Gasteiger partial charge in [-0.3, -0.25) is 10.3 Å². The molecule has 3 aromatic rings. The molecule has 122 valence electrons. The monoisotopic (exact) mass is 341 g/mol. The highest BCUT2D eigenvalue weighted by Crippen LogP contribution is 2.27. The Labute approximate surface area is 142 Å². The lowest BCUT2D eigenvalue weighted by Crippen LogP contribution is -2.28. The van der Waals surface area contributed by atoms with Gasteiger partial charge < -0.3 is 10.4 Å². The smallest absolute Gasteiger partial charge is 0.320 e. The van der Waals surface area contributed by atoms with Gasteiger partial charge in [0.05, 0.1) is 17.7 Å². The number of carbonyl (C=O) groups is 1. The minimum Gasteiger partial charge on any atom is -0.391 e. The van der Waals surface area contributed by atoms with Crippen LogP contribution in [0.15, 0.2) is 43.1 Å². The number of aromatic nitrogens is 3. The highest BCUT2D eigenvalue weighted by Gasteiger charge is 2.08. The Bertz CT molecular complexity index is 893. The summed E-state index contributed by atoms with van der Waals surface area (Å²) in [4.78, 5) is 26.6. The maximum atomic E-state index is 11.7. The van der Waals surface area contributed by atoms with E-state index in [0.29, 0.717) is 29.2 Å². The number of nitrogens with zero attached hydrogens (tertiary/aromatic N) is 3. The van der Waals surface area contributed by atoms with Crippen molar-refractivity contribution in [3.63, 3.8) is 0 Å². The summed E-state index contributed by atoms with van der Waals surface area (Å²) >= 11 is 1.45. The van der Waals surface area contributed by atoms with Gasteiger partial charge in [-0.2, -0.15) is 0 Å². The summed E-state index contributed by atoms with van der Waals surface area (Å²) in [5.41, 5.74) is 1.75. The van der Waals surface area contributed by atoms with Gasteiger partial charge in [-0.25, -0.2) is 14.8 Å². The highest BCUT2D eigenvalue weighted by atomic mass is 32.1. The molecule has 0 spiro atoms. The van der Waals surface area contributed by atoms with Crippen molar-refractivity contribution in [1.82, 2.24) is 20.3 Å². The summed E-state index contributed by atoms with van der Waals surface area (Å²) in [6, 6.07) is 6.78. The van der Waals surface area contributed by atoms with Crippen LogP contribution in [-0.2, 0) is 6.61 Å². The minimum atomic E-state index is -0.364. The molecule has 7 nitrogen and oxygen atoms in total. The molecule has 3 rings (SSSR count). The number of hydrogen-bond donors (Lipinski definition) is 3. The topological polar surface area (TPSA) is 100 Å². The molecular formula is C16H15N5O2S. The Balaban J connectivity index is 1.87. The van der Waals surface area contributed by atoms with Crippen molar-refractivity contribution < 1.29 is 9.90 Å². The van der Waals surface area contributed by atoms with E-state index in [1.54, 1.807) is 24.4 Å². The molecule has 0 radical (unpaired) electrons. The Morgan fingerprint density at radius 1 is 1.29 bits per heavy atom. The van der Waals surface area contributed by atoms with Crippen LogP contribution in [0.25, 0.3) is 21.7 Å². The highest BCUT2D eigenvalue weighted by molar-refractivity contribution is 7.15. The zero-order valence-corrected chi connectivity index (χ0v) is 13.5. The van der Waals surface area contributed by atoms with Crippen LogP contribution in [0.2, 0.25) is 0 Å². The number of rotatable bonds is 5. The number of amides is 2. The SMILES string of the molecule is C=CCNC(=O)Nc1ccc2ncc(-c3ccc(CO)s3)nc2n1. The average molecular weight is 341 g/mol. The summed E-state index contributed by atoms with van der Waals surface area (Å²) in [7, 11) is 0. The van der Waals surface area contributed by atoms with Gasteiger partial charge in [0.15, 0.2) is 5.65 Å². The van der Waals surface area contributed by atoms with Crippen LogP contribution >= 0.6 is 11.3 Å². The van der Waals surface area contributed by atoms with Crippen molar-refractivity contribution >= 4 is 34.3 Å². The Morgan fingerprint density at radius 2 is 2.17 bits per heavy atom. The number of carbonyl (C=O) groups excluding carboxylic acids is 1. The molecule has 0 aromatic carbocycles. The zero-order chi connectivity index (χ0) is 16.9. The third-order valence-electron chi connectivity index (χ3n) is 3.13. The number of anilines is 1. The van der Waals surface area contributed by atoms with Gasteiger partial charge in [0, 0.05) is 11.4 Å². The quantitative estimate of drug-likeness (QED) is 0.619. The van der Waals surface area contributed by atoms with Gasteiger partial charge in [0.2, 0.25) is 0 Å². The summed E-state index contributed by atoms with van der Waals surface area (Å²) in [6.45, 7) is 3.90. The molecule has 8 heteroatoms. The molecular weight excluding hydrogens is 326 g/mol. The van der Waals surface area contributed by atoms with Gasteiger partial charge in [0.1, 0.15) is 17.0 Å². The first kappa shape index (κ1) is 16.0. The Kier molecular flexibility index (Phi) is 4.78. The number of aliphatic hydroxyl groups is 1. The van der Waals surface area contributed by atoms with E-state index in [0.717, 1.165) is 9.75 Å². The lowest BCUT2D eigenvalue weighted by molar-refractivity contribution is 0.253. The minimum absolute atomic E-state index is 0.00217. The molecule has 0 bridgehead atoms. The first-order valence-electron chi connectivity index (χ1n) is 7.19. The maximum absolute atomic E-state index is 11.7. The lowest BCUT2D eigenvalue weighted by Gasteiger charge is -2.06. The fourth-order valence-corrected chi connectivity index (χ4v) is 2.83. The molecule has 3 N–H and O–H groups in total. The molecule has 0 unspecified atom stereocenters. The molecule has 0 aliphatic rings. The van der Waals surface area contributed by atoms with Gasteiger partial charge in [0.25, 0.3) is 0 Å². The molecule has 24 heavy (non-hydrogen) atoms. The molecule has 0 aliphatic carbocycles. The van der Waals surface area contributed by atoms with Crippen molar-refractivity contribution in [3.05, 3.63) is 48.0 Å². The zero-order valence-electron chi connectivity index (χ0n) is 12.7. The first-order valence-corrected chi connectivity index (χ1v) is 8.00. The molecule has 3 heterocycles. The van der Waals surface area contributed by atoms with E-state index >= 15 is 0 Å². The predicted molar refractivity (Wildman–Crippen MR) is 93.8 cm³/mol. The summed E-state index contributed by atoms with van der Waals surface area (Å²) < 4.78 is 0. The normalized spacial score (nSPS) is 10.5. The summed E-state index contributed by atoms with van der Waals surface area (Å²) in [5, 5.41) is 14.4. The van der Waals surface area contributed by atoms with Crippen LogP contribution in [0.4, 0.5) is 10.6 Å². The fourth-order valence-electron chi connectivity index (χ4n) is 2.01. The maximum Gasteiger partial charge on any atom is 0.320 e. The van der Waals surface area contributed by atoms with Crippen LogP contribution in [0.3, 0.4) is 0 Å². The van der Waals surface area contributed by atoms with E-state index in [4.69, 9.17) is 5.11 Å². The number of thiophene rings is 1. The molecule has 0 saturated carbocycles. The lowest BCUT2D eigenvalue weighted by atomic mass is 10.3. The summed E-state index contributed by atoms with van der Waals surface area (Å²) in [5.74, 6) is 0.387. The fraction of sp³-hybridized carbons (Fsp3) is 0.125. The molecule has 2 amide bonds. The van der Waals surface area contributed by atoms with Crippen LogP contribution in [0.1, 0.15) is 4.88 Å². The second-order valence-corrected chi connectivity index (χ2v) is 6.01. The molecule has 0 saturated heterocycles. The van der Waals surface area contributed by atoms with E-state index in [9.17, 15) is 4.79 Å². The third-order valence-corrected chi connectivity index (χ3v) is 4.22. The van der Waals surface area contributed by atoms with Crippen LogP contribution in [0, 0.1) is 0 Å². The second kappa shape index (κ2) is 7.16. The van der Waals surface area contributed by atoms with Crippen molar-refractivity contribution in [2.75, 3.05) is 11.9 Å². The first-order chi connectivity index (χ1) is 11.7. The van der Waals surface area contributed by atoms with Crippen LogP contribution in [0.5, 0.6) is 0 Å². The average Bonchev–Trinajstić information content (AvgIpc) is 3.08. The van der Waals surface area contributed by atoms with E-state index in [1.165, 1.54) is 11.3 Å². The number of urea groups is 1. The number of hydrogen-bond acceptors (Lipinski definition) is 6. The largest absolute Gasteiger partial charge is 0.391 e. The van der Waals surface area contributed by atoms with E-state index in [1.807, 2.05) is 12.1 Å². The van der Waals surface area contributed by atoms with Crippen molar-refractivity contribution in [3.8, 4) is 10.6 Å². The van der Waals surface area contributed by atoms with Gasteiger partial charge >= 0.3 is 6.03 Å². The molecule has 0 aliphatic heterocycles. The molecule has 3 aromatic heterocycles. The van der Waals surface area contributed by atoms with E-state index < -0.39 is 0 Å². The van der Waals surface area contributed by atoms with Gasteiger partial charge in [-0.15, -0.1) is 17.9 Å². The number of pyridine rings is 1.